The fourth-order valence-corrected chi connectivity index (χ4v) is 1.86. The van der Waals surface area contributed by atoms with Crippen LogP contribution in [0.3, 0.4) is 0 Å². The number of carbonyl (C=O) groups is 2. The Morgan fingerprint density at radius 2 is 2.05 bits per heavy atom. The van der Waals surface area contributed by atoms with E-state index in [4.69, 9.17) is 5.11 Å². The van der Waals surface area contributed by atoms with Crippen molar-refractivity contribution in [2.24, 2.45) is 0 Å². The summed E-state index contributed by atoms with van der Waals surface area (Å²) in [6.45, 7) is 1.67. The van der Waals surface area contributed by atoms with Gasteiger partial charge in [-0.3, -0.25) is 4.79 Å². The van der Waals surface area contributed by atoms with Crippen LogP contribution in [-0.2, 0) is 4.79 Å². The number of amides is 1. The molecule has 104 valence electrons. The van der Waals surface area contributed by atoms with Gasteiger partial charge in [-0.1, -0.05) is 22.0 Å². The summed E-state index contributed by atoms with van der Waals surface area (Å²) >= 11 is 3.23. The van der Waals surface area contributed by atoms with Crippen molar-refractivity contribution in [3.8, 4) is 0 Å². The molecule has 1 aromatic rings. The molecule has 0 aliphatic carbocycles. The maximum Gasteiger partial charge on any atom is 0.326 e. The number of halogens is 3. The highest BCUT2D eigenvalue weighted by Crippen LogP contribution is 2.19. The van der Waals surface area contributed by atoms with E-state index in [-0.39, 0.29) is 5.56 Å². The molecular weight excluding hydrogens is 324 g/mol. The van der Waals surface area contributed by atoms with Crippen molar-refractivity contribution in [1.82, 2.24) is 5.32 Å². The second-order valence-corrected chi connectivity index (χ2v) is 4.76. The van der Waals surface area contributed by atoms with Gasteiger partial charge in [0, 0.05) is 16.5 Å². The van der Waals surface area contributed by atoms with E-state index in [1.807, 2.05) is 0 Å². The standard InChI is InChI=1S/C12H12BrF2NO3/c1-6-7(3-2-4-8(6)13)11(17)16-9(12(18)19)5-10(14)15/h2-4,9-10H,5H2,1H3,(H,16,17)(H,18,19). The molecule has 1 atom stereocenters. The van der Waals surface area contributed by atoms with Crippen molar-refractivity contribution in [1.29, 1.82) is 0 Å². The molecule has 1 unspecified atom stereocenters. The van der Waals surface area contributed by atoms with Gasteiger partial charge in [0.25, 0.3) is 5.91 Å². The van der Waals surface area contributed by atoms with Gasteiger partial charge in [0.05, 0.1) is 0 Å². The molecule has 1 aromatic carbocycles. The Bertz CT molecular complexity index is 494. The molecule has 0 radical (unpaired) electrons. The van der Waals surface area contributed by atoms with Gasteiger partial charge < -0.3 is 10.4 Å². The quantitative estimate of drug-likeness (QED) is 0.869. The van der Waals surface area contributed by atoms with Crippen molar-refractivity contribution >= 4 is 27.8 Å². The molecule has 0 aliphatic heterocycles. The van der Waals surface area contributed by atoms with Crippen molar-refractivity contribution in [3.63, 3.8) is 0 Å². The molecule has 0 heterocycles. The SMILES string of the molecule is Cc1c(Br)cccc1C(=O)NC(CC(F)F)C(=O)O. The molecule has 0 aromatic heterocycles. The summed E-state index contributed by atoms with van der Waals surface area (Å²) < 4.78 is 25.1. The summed E-state index contributed by atoms with van der Waals surface area (Å²) in [4.78, 5) is 22.7. The molecule has 0 fully saturated rings. The second-order valence-electron chi connectivity index (χ2n) is 3.90. The first-order chi connectivity index (χ1) is 8.82. The van der Waals surface area contributed by atoms with E-state index < -0.39 is 30.8 Å². The summed E-state index contributed by atoms with van der Waals surface area (Å²) in [5.74, 6) is -2.17. The molecule has 0 spiro atoms. The first-order valence-electron chi connectivity index (χ1n) is 5.40. The molecule has 0 saturated heterocycles. The highest BCUT2D eigenvalue weighted by molar-refractivity contribution is 9.10. The van der Waals surface area contributed by atoms with Crippen LogP contribution >= 0.6 is 15.9 Å². The van der Waals surface area contributed by atoms with Crippen LogP contribution in [0.5, 0.6) is 0 Å². The minimum Gasteiger partial charge on any atom is -0.480 e. The van der Waals surface area contributed by atoms with Gasteiger partial charge in [-0.25, -0.2) is 13.6 Å². The van der Waals surface area contributed by atoms with Crippen LogP contribution < -0.4 is 5.32 Å². The van der Waals surface area contributed by atoms with E-state index in [9.17, 15) is 18.4 Å². The van der Waals surface area contributed by atoms with Crippen LogP contribution in [0.15, 0.2) is 22.7 Å². The van der Waals surface area contributed by atoms with Crippen LogP contribution in [0.1, 0.15) is 22.3 Å². The Morgan fingerprint density at radius 3 is 2.58 bits per heavy atom. The predicted octanol–water partition coefficient (Wildman–Crippen LogP) is 2.60. The largest absolute Gasteiger partial charge is 0.480 e. The zero-order chi connectivity index (χ0) is 14.6. The van der Waals surface area contributed by atoms with Crippen molar-refractivity contribution in [2.75, 3.05) is 0 Å². The molecule has 0 aliphatic rings. The lowest BCUT2D eigenvalue weighted by Crippen LogP contribution is -2.42. The molecule has 0 bridgehead atoms. The highest BCUT2D eigenvalue weighted by atomic mass is 79.9. The van der Waals surface area contributed by atoms with Crippen molar-refractivity contribution < 1.29 is 23.5 Å². The Kier molecular flexibility index (Phi) is 5.41. The van der Waals surface area contributed by atoms with Gasteiger partial charge in [0.2, 0.25) is 6.43 Å². The zero-order valence-corrected chi connectivity index (χ0v) is 11.6. The Morgan fingerprint density at radius 1 is 1.42 bits per heavy atom. The summed E-state index contributed by atoms with van der Waals surface area (Å²) in [5, 5.41) is 10.9. The number of benzene rings is 1. The summed E-state index contributed by atoms with van der Waals surface area (Å²) in [5.41, 5.74) is 0.857. The Labute approximate surface area is 116 Å². The number of carbonyl (C=O) groups excluding carboxylic acids is 1. The molecule has 4 nitrogen and oxygen atoms in total. The number of alkyl halides is 2. The van der Waals surface area contributed by atoms with Crippen molar-refractivity contribution in [3.05, 3.63) is 33.8 Å². The first kappa shape index (κ1) is 15.6. The van der Waals surface area contributed by atoms with Crippen LogP contribution in [-0.4, -0.2) is 29.5 Å². The highest BCUT2D eigenvalue weighted by Gasteiger charge is 2.25. The number of rotatable bonds is 5. The molecular formula is C12H12BrF2NO3. The third-order valence-corrected chi connectivity index (χ3v) is 3.39. The normalized spacial score (nSPS) is 12.3. The monoisotopic (exact) mass is 335 g/mol. The average Bonchev–Trinajstić information content (AvgIpc) is 2.31. The fraction of sp³-hybridized carbons (Fsp3) is 0.333. The van der Waals surface area contributed by atoms with E-state index in [1.165, 1.54) is 6.07 Å². The molecule has 2 N–H and O–H groups in total. The van der Waals surface area contributed by atoms with Gasteiger partial charge in [-0.05, 0) is 24.6 Å². The summed E-state index contributed by atoms with van der Waals surface area (Å²) in [7, 11) is 0. The number of carboxylic acids is 1. The number of hydrogen-bond acceptors (Lipinski definition) is 2. The first-order valence-corrected chi connectivity index (χ1v) is 6.19. The Balaban J connectivity index is 2.88. The molecule has 1 amide bonds. The van der Waals surface area contributed by atoms with Crippen LogP contribution in [0.4, 0.5) is 8.78 Å². The average molecular weight is 336 g/mol. The van der Waals surface area contributed by atoms with E-state index >= 15 is 0 Å². The number of aliphatic carboxylic acids is 1. The Hall–Kier alpha value is -1.50. The number of hydrogen-bond donors (Lipinski definition) is 2. The van der Waals surface area contributed by atoms with Gasteiger partial charge in [0.15, 0.2) is 0 Å². The zero-order valence-electron chi connectivity index (χ0n) is 9.99. The molecule has 1 rings (SSSR count). The minimum atomic E-state index is -2.80. The van der Waals surface area contributed by atoms with Gasteiger partial charge >= 0.3 is 5.97 Å². The smallest absolute Gasteiger partial charge is 0.326 e. The summed E-state index contributed by atoms with van der Waals surface area (Å²) in [6.07, 6.45) is -3.72. The maximum absolute atomic E-state index is 12.2. The van der Waals surface area contributed by atoms with Crippen LogP contribution in [0, 0.1) is 6.92 Å². The van der Waals surface area contributed by atoms with Gasteiger partial charge in [-0.2, -0.15) is 0 Å². The summed E-state index contributed by atoms with van der Waals surface area (Å²) in [6, 6.07) is 3.22. The van der Waals surface area contributed by atoms with Crippen molar-refractivity contribution in [2.45, 2.75) is 25.8 Å². The van der Waals surface area contributed by atoms with E-state index in [2.05, 4.69) is 21.2 Å². The maximum atomic E-state index is 12.2. The lowest BCUT2D eigenvalue weighted by atomic mass is 10.1. The van der Waals surface area contributed by atoms with Crippen LogP contribution in [0.2, 0.25) is 0 Å². The van der Waals surface area contributed by atoms with Crippen LogP contribution in [0.25, 0.3) is 0 Å². The third-order valence-electron chi connectivity index (χ3n) is 2.53. The fourth-order valence-electron chi connectivity index (χ4n) is 1.49. The van der Waals surface area contributed by atoms with E-state index in [1.54, 1.807) is 19.1 Å². The van der Waals surface area contributed by atoms with Gasteiger partial charge in [0.1, 0.15) is 6.04 Å². The molecule has 7 heteroatoms. The van der Waals surface area contributed by atoms with E-state index in [0.717, 1.165) is 0 Å². The number of nitrogens with one attached hydrogen (secondary N) is 1. The molecule has 0 saturated carbocycles. The predicted molar refractivity (Wildman–Crippen MR) is 68.4 cm³/mol. The number of carboxylic acid groups (broad SMARTS) is 1. The van der Waals surface area contributed by atoms with Gasteiger partial charge in [-0.15, -0.1) is 0 Å². The lowest BCUT2D eigenvalue weighted by Gasteiger charge is -2.15. The second kappa shape index (κ2) is 6.60. The van der Waals surface area contributed by atoms with E-state index in [0.29, 0.717) is 10.0 Å². The lowest BCUT2D eigenvalue weighted by molar-refractivity contribution is -0.140. The minimum absolute atomic E-state index is 0.245. The topological polar surface area (TPSA) is 66.4 Å². The third kappa shape index (κ3) is 4.27. The molecule has 19 heavy (non-hydrogen) atoms.